The number of fused-ring (bicyclic) bond motifs is 4. The van der Waals surface area contributed by atoms with E-state index in [2.05, 4.69) is 24.3 Å². The fourth-order valence-corrected chi connectivity index (χ4v) is 5.94. The summed E-state index contributed by atoms with van der Waals surface area (Å²) in [5.74, 6) is 2.44. The Bertz CT molecular complexity index is 2460. The zero-order chi connectivity index (χ0) is 30.5. The number of benzene rings is 6. The topological polar surface area (TPSA) is 77.8 Å². The lowest BCUT2D eigenvalue weighted by Crippen LogP contribution is -2.00. The van der Waals surface area contributed by atoms with Crippen LogP contribution in [0.2, 0.25) is 0 Å². The van der Waals surface area contributed by atoms with Crippen LogP contribution in [-0.2, 0) is 0 Å². The van der Waals surface area contributed by atoms with Crippen LogP contribution < -0.4 is 0 Å². The average Bonchev–Trinajstić information content (AvgIpc) is 3.74. The van der Waals surface area contributed by atoms with E-state index in [-0.39, 0.29) is 0 Å². The summed E-state index contributed by atoms with van der Waals surface area (Å²) in [6.07, 6.45) is 0. The Morgan fingerprint density at radius 1 is 0.370 bits per heavy atom. The molecule has 0 aliphatic heterocycles. The first kappa shape index (κ1) is 26.0. The maximum absolute atomic E-state index is 6.35. The summed E-state index contributed by atoms with van der Waals surface area (Å²) in [5, 5.41) is 2.00. The number of nitrogens with zero attached hydrogens (tertiary/aromatic N) is 4. The predicted octanol–water partition coefficient (Wildman–Crippen LogP) is 10.2. The van der Waals surface area contributed by atoms with Gasteiger partial charge in [0.25, 0.3) is 0 Å². The van der Waals surface area contributed by atoms with E-state index < -0.39 is 0 Å². The highest BCUT2D eigenvalue weighted by Gasteiger charge is 2.17. The SMILES string of the molecule is c1ccc(-c2nc(-c3ccccc3)nc(-c3ccc4oc5cccc(-c6ccc7nc(-c8ccccc8)oc7c6)c5c4c3)n2)cc1. The van der Waals surface area contributed by atoms with E-state index in [1.165, 1.54) is 0 Å². The van der Waals surface area contributed by atoms with Crippen molar-refractivity contribution in [2.45, 2.75) is 0 Å². The molecule has 46 heavy (non-hydrogen) atoms. The molecule has 0 aliphatic rings. The summed E-state index contributed by atoms with van der Waals surface area (Å²) >= 11 is 0. The lowest BCUT2D eigenvalue weighted by atomic mass is 9.98. The van der Waals surface area contributed by atoms with Gasteiger partial charge in [0.2, 0.25) is 5.89 Å². The Balaban J connectivity index is 1.20. The van der Waals surface area contributed by atoms with Crippen LogP contribution >= 0.6 is 0 Å². The number of hydrogen-bond acceptors (Lipinski definition) is 6. The summed E-state index contributed by atoms with van der Waals surface area (Å²) in [6, 6.07) is 48.3. The molecular formula is C40H24N4O2. The summed E-state index contributed by atoms with van der Waals surface area (Å²) in [5.41, 5.74) is 8.87. The van der Waals surface area contributed by atoms with Crippen LogP contribution in [-0.4, -0.2) is 19.9 Å². The van der Waals surface area contributed by atoms with E-state index in [9.17, 15) is 0 Å². The molecule has 0 bridgehead atoms. The van der Waals surface area contributed by atoms with Crippen LogP contribution in [0.25, 0.3) is 89.8 Å². The van der Waals surface area contributed by atoms with Crippen molar-refractivity contribution in [1.82, 2.24) is 19.9 Å². The van der Waals surface area contributed by atoms with Crippen molar-refractivity contribution in [3.05, 3.63) is 146 Å². The zero-order valence-corrected chi connectivity index (χ0v) is 24.5. The first-order chi connectivity index (χ1) is 22.8. The molecule has 3 heterocycles. The van der Waals surface area contributed by atoms with Gasteiger partial charge in [-0.2, -0.15) is 0 Å². The van der Waals surface area contributed by atoms with Gasteiger partial charge in [-0.15, -0.1) is 0 Å². The second-order valence-corrected chi connectivity index (χ2v) is 11.1. The van der Waals surface area contributed by atoms with Gasteiger partial charge in [-0.25, -0.2) is 19.9 Å². The molecule has 216 valence electrons. The molecule has 0 fully saturated rings. The van der Waals surface area contributed by atoms with Gasteiger partial charge < -0.3 is 8.83 Å². The van der Waals surface area contributed by atoms with Gasteiger partial charge in [-0.1, -0.05) is 97.1 Å². The monoisotopic (exact) mass is 592 g/mol. The molecule has 0 aliphatic carbocycles. The van der Waals surface area contributed by atoms with Crippen LogP contribution in [0.3, 0.4) is 0 Å². The summed E-state index contributed by atoms with van der Waals surface area (Å²) in [4.78, 5) is 19.4. The molecule has 0 radical (unpaired) electrons. The van der Waals surface area contributed by atoms with Gasteiger partial charge in [0.15, 0.2) is 23.1 Å². The standard InChI is InChI=1S/C40H24N4O2/c1-4-11-25(12-5-1)37-42-38(26-13-6-2-7-14-26)44-39(43-37)29-20-22-33-31(23-29)36-30(17-10-18-34(36)45-33)28-19-21-32-35(24-28)46-40(41-32)27-15-8-3-9-16-27/h1-24H. The molecule has 3 aromatic heterocycles. The van der Waals surface area contributed by atoms with Crippen molar-refractivity contribution in [3.63, 3.8) is 0 Å². The van der Waals surface area contributed by atoms with Gasteiger partial charge in [0, 0.05) is 33.0 Å². The van der Waals surface area contributed by atoms with Crippen molar-refractivity contribution >= 4 is 33.0 Å². The van der Waals surface area contributed by atoms with E-state index in [0.717, 1.165) is 66.4 Å². The number of oxazole rings is 1. The van der Waals surface area contributed by atoms with E-state index in [1.807, 2.05) is 121 Å². The third-order valence-corrected chi connectivity index (χ3v) is 8.17. The summed E-state index contributed by atoms with van der Waals surface area (Å²) < 4.78 is 12.6. The molecule has 0 unspecified atom stereocenters. The maximum atomic E-state index is 6.35. The molecule has 0 saturated heterocycles. The van der Waals surface area contributed by atoms with Crippen molar-refractivity contribution in [2.24, 2.45) is 0 Å². The second-order valence-electron chi connectivity index (χ2n) is 11.1. The summed E-state index contributed by atoms with van der Waals surface area (Å²) in [7, 11) is 0. The van der Waals surface area contributed by atoms with E-state index in [0.29, 0.717) is 23.4 Å². The van der Waals surface area contributed by atoms with E-state index in [4.69, 9.17) is 28.8 Å². The first-order valence-electron chi connectivity index (χ1n) is 15.1. The van der Waals surface area contributed by atoms with E-state index in [1.54, 1.807) is 0 Å². The molecule has 9 aromatic rings. The van der Waals surface area contributed by atoms with Gasteiger partial charge in [0.05, 0.1) is 0 Å². The highest BCUT2D eigenvalue weighted by atomic mass is 16.3. The van der Waals surface area contributed by atoms with Gasteiger partial charge in [-0.3, -0.25) is 0 Å². The van der Waals surface area contributed by atoms with E-state index >= 15 is 0 Å². The van der Waals surface area contributed by atoms with Crippen molar-refractivity contribution < 1.29 is 8.83 Å². The van der Waals surface area contributed by atoms with Gasteiger partial charge in [-0.05, 0) is 59.7 Å². The third kappa shape index (κ3) is 4.52. The minimum Gasteiger partial charge on any atom is -0.456 e. The molecule has 6 aromatic carbocycles. The molecule has 9 rings (SSSR count). The molecule has 0 N–H and O–H groups in total. The Hall–Kier alpha value is -6.40. The highest BCUT2D eigenvalue weighted by molar-refractivity contribution is 6.13. The zero-order valence-electron chi connectivity index (χ0n) is 24.5. The number of furan rings is 1. The van der Waals surface area contributed by atoms with Crippen LogP contribution in [0.5, 0.6) is 0 Å². The minimum absolute atomic E-state index is 0.595. The number of rotatable bonds is 5. The van der Waals surface area contributed by atoms with Crippen LogP contribution in [0.1, 0.15) is 0 Å². The van der Waals surface area contributed by atoms with Crippen molar-refractivity contribution in [3.8, 4) is 56.7 Å². The maximum Gasteiger partial charge on any atom is 0.227 e. The van der Waals surface area contributed by atoms with Gasteiger partial charge >= 0.3 is 0 Å². The second kappa shape index (κ2) is 10.6. The third-order valence-electron chi connectivity index (χ3n) is 8.17. The van der Waals surface area contributed by atoms with Crippen molar-refractivity contribution in [1.29, 1.82) is 0 Å². The minimum atomic E-state index is 0.595. The Kier molecular flexibility index (Phi) is 6.03. The number of hydrogen-bond donors (Lipinski definition) is 0. The van der Waals surface area contributed by atoms with Crippen LogP contribution in [0, 0.1) is 0 Å². The molecule has 6 nitrogen and oxygen atoms in total. The smallest absolute Gasteiger partial charge is 0.227 e. The summed E-state index contributed by atoms with van der Waals surface area (Å²) in [6.45, 7) is 0. The lowest BCUT2D eigenvalue weighted by molar-refractivity contribution is 0.620. The van der Waals surface area contributed by atoms with Crippen molar-refractivity contribution in [2.75, 3.05) is 0 Å². The molecule has 0 spiro atoms. The fourth-order valence-electron chi connectivity index (χ4n) is 5.94. The Labute approximate surface area is 263 Å². The Morgan fingerprint density at radius 3 is 1.65 bits per heavy atom. The lowest BCUT2D eigenvalue weighted by Gasteiger charge is -2.08. The molecule has 0 amide bonds. The fraction of sp³-hybridized carbons (Fsp3) is 0. The molecule has 6 heteroatoms. The first-order valence-corrected chi connectivity index (χ1v) is 15.1. The average molecular weight is 593 g/mol. The quantitative estimate of drug-likeness (QED) is 0.198. The number of aromatic nitrogens is 4. The predicted molar refractivity (Wildman–Crippen MR) is 182 cm³/mol. The van der Waals surface area contributed by atoms with Gasteiger partial charge in [0.1, 0.15) is 16.7 Å². The molecular weight excluding hydrogens is 568 g/mol. The normalized spacial score (nSPS) is 11.5. The Morgan fingerprint density at radius 2 is 0.978 bits per heavy atom. The van der Waals surface area contributed by atoms with Crippen LogP contribution in [0.15, 0.2) is 154 Å². The largest absolute Gasteiger partial charge is 0.456 e. The highest BCUT2D eigenvalue weighted by Crippen LogP contribution is 2.39. The molecule has 0 atom stereocenters. The van der Waals surface area contributed by atoms with Crippen LogP contribution in [0.4, 0.5) is 0 Å². The molecule has 0 saturated carbocycles.